The van der Waals surface area contributed by atoms with E-state index in [-0.39, 0.29) is 12.5 Å². The molecule has 1 aliphatic carbocycles. The molecular weight excluding hydrogens is 240 g/mol. The molecule has 1 heterocycles. The summed E-state index contributed by atoms with van der Waals surface area (Å²) in [6, 6.07) is 5.98. The summed E-state index contributed by atoms with van der Waals surface area (Å²) < 4.78 is 5.59. The van der Waals surface area contributed by atoms with E-state index < -0.39 is 0 Å². The highest BCUT2D eigenvalue weighted by Gasteiger charge is 2.28. The number of amides is 1. The second kappa shape index (κ2) is 5.11. The van der Waals surface area contributed by atoms with Crippen LogP contribution in [0.1, 0.15) is 37.7 Å². The molecule has 1 amide bonds. The second-order valence-corrected chi connectivity index (χ2v) is 5.47. The molecule has 19 heavy (non-hydrogen) atoms. The summed E-state index contributed by atoms with van der Waals surface area (Å²) in [5, 5.41) is 0. The van der Waals surface area contributed by atoms with Crippen molar-refractivity contribution in [3.63, 3.8) is 0 Å². The van der Waals surface area contributed by atoms with E-state index in [2.05, 4.69) is 0 Å². The van der Waals surface area contributed by atoms with Crippen LogP contribution in [0.15, 0.2) is 18.2 Å². The Morgan fingerprint density at radius 1 is 1.21 bits per heavy atom. The summed E-state index contributed by atoms with van der Waals surface area (Å²) in [6.07, 6.45) is 5.96. The van der Waals surface area contributed by atoms with E-state index in [1.807, 2.05) is 23.1 Å². The average molecular weight is 260 g/mol. The summed E-state index contributed by atoms with van der Waals surface area (Å²) in [4.78, 5) is 14.2. The van der Waals surface area contributed by atoms with Gasteiger partial charge >= 0.3 is 0 Å². The van der Waals surface area contributed by atoms with Crippen molar-refractivity contribution in [3.8, 4) is 5.75 Å². The minimum absolute atomic E-state index is 0.0988. The fraction of sp³-hybridized carbons (Fsp3) is 0.533. The van der Waals surface area contributed by atoms with E-state index in [0.29, 0.717) is 12.6 Å². The Morgan fingerprint density at radius 2 is 2.00 bits per heavy atom. The molecule has 1 fully saturated rings. The minimum atomic E-state index is 0.0988. The Bertz CT molecular complexity index is 481. The molecule has 1 saturated carbocycles. The monoisotopic (exact) mass is 260 g/mol. The predicted octanol–water partition coefficient (Wildman–Crippen LogP) is 2.32. The third kappa shape index (κ3) is 2.53. The highest BCUT2D eigenvalue weighted by molar-refractivity contribution is 5.79. The van der Waals surface area contributed by atoms with E-state index in [1.54, 1.807) is 0 Å². The largest absolute Gasteiger partial charge is 0.483 e. The van der Waals surface area contributed by atoms with E-state index in [1.165, 1.54) is 19.3 Å². The normalized spacial score (nSPS) is 20.6. The van der Waals surface area contributed by atoms with Gasteiger partial charge in [-0.25, -0.2) is 0 Å². The number of ether oxygens (including phenoxy) is 1. The fourth-order valence-electron chi connectivity index (χ4n) is 3.08. The van der Waals surface area contributed by atoms with Crippen LogP contribution in [0.2, 0.25) is 0 Å². The Hall–Kier alpha value is -1.71. The van der Waals surface area contributed by atoms with Gasteiger partial charge in [0, 0.05) is 23.8 Å². The van der Waals surface area contributed by atoms with Crippen LogP contribution in [0.5, 0.6) is 5.75 Å². The lowest BCUT2D eigenvalue weighted by Gasteiger charge is -2.33. The zero-order chi connectivity index (χ0) is 13.2. The van der Waals surface area contributed by atoms with Gasteiger partial charge in [0.1, 0.15) is 5.75 Å². The third-order valence-electron chi connectivity index (χ3n) is 4.11. The third-order valence-corrected chi connectivity index (χ3v) is 4.11. The van der Waals surface area contributed by atoms with Crippen LogP contribution in [-0.4, -0.2) is 23.5 Å². The van der Waals surface area contributed by atoms with Crippen LogP contribution in [0.25, 0.3) is 0 Å². The summed E-state index contributed by atoms with van der Waals surface area (Å²) in [5.41, 5.74) is 7.58. The molecule has 0 atom stereocenters. The molecule has 1 aromatic rings. The number of carbonyl (C=O) groups is 1. The number of anilines is 1. The number of carbonyl (C=O) groups excluding carboxylic acids is 1. The van der Waals surface area contributed by atoms with Gasteiger partial charge in [0.15, 0.2) is 6.61 Å². The fourth-order valence-corrected chi connectivity index (χ4v) is 3.08. The maximum absolute atomic E-state index is 12.2. The number of rotatable bonds is 1. The lowest BCUT2D eigenvalue weighted by atomic mass is 9.94. The molecule has 0 unspecified atom stereocenters. The minimum Gasteiger partial charge on any atom is -0.483 e. The van der Waals surface area contributed by atoms with Crippen molar-refractivity contribution >= 4 is 11.6 Å². The van der Waals surface area contributed by atoms with Crippen LogP contribution >= 0.6 is 0 Å². The van der Waals surface area contributed by atoms with Gasteiger partial charge in [0.05, 0.1) is 0 Å². The number of fused-ring (bicyclic) bond motifs is 1. The second-order valence-electron chi connectivity index (χ2n) is 5.47. The maximum atomic E-state index is 12.2. The van der Waals surface area contributed by atoms with E-state index in [4.69, 9.17) is 10.5 Å². The molecule has 0 aromatic heterocycles. The van der Waals surface area contributed by atoms with Gasteiger partial charge < -0.3 is 15.4 Å². The lowest BCUT2D eigenvalue weighted by Crippen LogP contribution is -2.42. The molecule has 0 saturated heterocycles. The highest BCUT2D eigenvalue weighted by atomic mass is 16.5. The van der Waals surface area contributed by atoms with E-state index in [0.717, 1.165) is 29.8 Å². The molecule has 0 bridgehead atoms. The molecule has 2 aliphatic rings. The van der Waals surface area contributed by atoms with Crippen molar-refractivity contribution in [3.05, 3.63) is 23.8 Å². The van der Waals surface area contributed by atoms with E-state index in [9.17, 15) is 4.79 Å². The molecule has 2 N–H and O–H groups in total. The SMILES string of the molecule is Nc1ccc2c(c1)CN(C1CCCCC1)C(=O)CO2. The Balaban J connectivity index is 1.86. The first kappa shape index (κ1) is 12.3. The number of nitrogens with two attached hydrogens (primary N) is 1. The van der Waals surface area contributed by atoms with Crippen molar-refractivity contribution in [2.45, 2.75) is 44.7 Å². The van der Waals surface area contributed by atoms with Crippen molar-refractivity contribution < 1.29 is 9.53 Å². The first-order valence-electron chi connectivity index (χ1n) is 7.05. The number of hydrogen-bond donors (Lipinski definition) is 1. The topological polar surface area (TPSA) is 55.6 Å². The van der Waals surface area contributed by atoms with Crippen molar-refractivity contribution in [1.29, 1.82) is 0 Å². The number of nitrogen functional groups attached to an aromatic ring is 1. The highest BCUT2D eigenvalue weighted by Crippen LogP contribution is 2.30. The first-order chi connectivity index (χ1) is 9.24. The van der Waals surface area contributed by atoms with Gasteiger partial charge in [-0.15, -0.1) is 0 Å². The molecular formula is C15H20N2O2. The van der Waals surface area contributed by atoms with Crippen molar-refractivity contribution in [2.75, 3.05) is 12.3 Å². The Morgan fingerprint density at radius 3 is 2.79 bits per heavy atom. The number of nitrogens with zero attached hydrogens (tertiary/aromatic N) is 1. The zero-order valence-electron chi connectivity index (χ0n) is 11.1. The molecule has 0 spiro atoms. The van der Waals surface area contributed by atoms with Crippen LogP contribution in [0.4, 0.5) is 5.69 Å². The molecule has 102 valence electrons. The smallest absolute Gasteiger partial charge is 0.261 e. The van der Waals surface area contributed by atoms with Crippen molar-refractivity contribution in [2.24, 2.45) is 0 Å². The molecule has 1 aromatic carbocycles. The lowest BCUT2D eigenvalue weighted by molar-refractivity contribution is -0.136. The summed E-state index contributed by atoms with van der Waals surface area (Å²) in [6.45, 7) is 0.775. The standard InChI is InChI=1S/C15H20N2O2/c16-12-6-7-14-11(8-12)9-17(15(18)10-19-14)13-4-2-1-3-5-13/h6-8,13H,1-5,9-10,16H2. The molecule has 3 rings (SSSR count). The maximum Gasteiger partial charge on any atom is 0.261 e. The summed E-state index contributed by atoms with van der Waals surface area (Å²) in [5.74, 6) is 0.891. The Labute approximate surface area is 113 Å². The van der Waals surface area contributed by atoms with Crippen LogP contribution in [0, 0.1) is 0 Å². The van der Waals surface area contributed by atoms with Crippen LogP contribution in [0.3, 0.4) is 0 Å². The van der Waals surface area contributed by atoms with Gasteiger partial charge in [-0.05, 0) is 31.0 Å². The van der Waals surface area contributed by atoms with Crippen molar-refractivity contribution in [1.82, 2.24) is 4.90 Å². The quantitative estimate of drug-likeness (QED) is 0.788. The predicted molar refractivity (Wildman–Crippen MR) is 73.8 cm³/mol. The Kier molecular flexibility index (Phi) is 3.32. The van der Waals surface area contributed by atoms with Gasteiger partial charge in [0.2, 0.25) is 0 Å². The number of hydrogen-bond acceptors (Lipinski definition) is 3. The molecule has 4 heteroatoms. The molecule has 0 radical (unpaired) electrons. The van der Waals surface area contributed by atoms with Crippen LogP contribution in [-0.2, 0) is 11.3 Å². The summed E-state index contributed by atoms with van der Waals surface area (Å²) >= 11 is 0. The number of benzene rings is 1. The zero-order valence-corrected chi connectivity index (χ0v) is 11.1. The molecule has 4 nitrogen and oxygen atoms in total. The van der Waals surface area contributed by atoms with Gasteiger partial charge in [0.25, 0.3) is 5.91 Å². The van der Waals surface area contributed by atoms with Gasteiger partial charge in [-0.2, -0.15) is 0 Å². The average Bonchev–Trinajstić information content (AvgIpc) is 2.59. The van der Waals surface area contributed by atoms with Gasteiger partial charge in [-0.3, -0.25) is 4.79 Å². The van der Waals surface area contributed by atoms with Crippen LogP contribution < -0.4 is 10.5 Å². The summed E-state index contributed by atoms with van der Waals surface area (Å²) in [7, 11) is 0. The first-order valence-corrected chi connectivity index (χ1v) is 7.05. The van der Waals surface area contributed by atoms with Gasteiger partial charge in [-0.1, -0.05) is 19.3 Å². The molecule has 1 aliphatic heterocycles. The van der Waals surface area contributed by atoms with E-state index >= 15 is 0 Å².